The smallest absolute Gasteiger partial charge is 0.111 e. The van der Waals surface area contributed by atoms with Crippen molar-refractivity contribution < 1.29 is 15.3 Å². The summed E-state index contributed by atoms with van der Waals surface area (Å²) in [6.45, 7) is 1.67. The van der Waals surface area contributed by atoms with Gasteiger partial charge in [0.25, 0.3) is 0 Å². The number of aliphatic hydroxyl groups excluding tert-OH is 1. The largest absolute Gasteiger partial charge is 0.396 e. The Morgan fingerprint density at radius 1 is 1.67 bits per heavy atom. The number of rotatable bonds is 4. The molecule has 0 aromatic heterocycles. The van der Waals surface area contributed by atoms with Gasteiger partial charge in [-0.1, -0.05) is 0 Å². The molecule has 0 radical (unpaired) electrons. The Bertz CT molecular complexity index is 72.6. The average molecular weight is 152 g/mol. The second-order valence-electron chi connectivity index (χ2n) is 2.17. The molecule has 3 nitrogen and oxygen atoms in total. The summed E-state index contributed by atoms with van der Waals surface area (Å²) < 4.78 is 0. The van der Waals surface area contributed by atoms with Crippen LogP contribution in [-0.2, 0) is 4.89 Å². The standard InChI is InChI=1S/C5H12O3S/c1-5(4-9,8-7)2-3-6/h6-7,9H,2-4H2,1H3. The maximum atomic E-state index is 8.44. The van der Waals surface area contributed by atoms with Crippen LogP contribution in [0.15, 0.2) is 0 Å². The van der Waals surface area contributed by atoms with Gasteiger partial charge in [-0.15, -0.1) is 0 Å². The summed E-state index contributed by atoms with van der Waals surface area (Å²) >= 11 is 3.92. The Hall–Kier alpha value is 0.230. The van der Waals surface area contributed by atoms with Gasteiger partial charge in [-0.3, -0.25) is 5.26 Å². The third-order valence-electron chi connectivity index (χ3n) is 1.20. The van der Waals surface area contributed by atoms with Crippen LogP contribution in [0.25, 0.3) is 0 Å². The minimum Gasteiger partial charge on any atom is -0.396 e. The van der Waals surface area contributed by atoms with Gasteiger partial charge in [0.05, 0.1) is 0 Å². The summed E-state index contributed by atoms with van der Waals surface area (Å²) in [4.78, 5) is 4.09. The first-order valence-corrected chi connectivity index (χ1v) is 3.36. The Morgan fingerprint density at radius 2 is 2.22 bits per heavy atom. The zero-order chi connectivity index (χ0) is 7.33. The third-order valence-corrected chi connectivity index (χ3v) is 1.86. The molecule has 0 spiro atoms. The Kier molecular flexibility index (Phi) is 4.22. The molecule has 2 N–H and O–H groups in total. The lowest BCUT2D eigenvalue weighted by molar-refractivity contribution is -0.313. The predicted molar refractivity (Wildman–Crippen MR) is 37.7 cm³/mol. The summed E-state index contributed by atoms with van der Waals surface area (Å²) in [5.41, 5.74) is -0.697. The molecule has 0 aliphatic heterocycles. The Labute approximate surface area is 60.0 Å². The fraction of sp³-hybridized carbons (Fsp3) is 1.00. The highest BCUT2D eigenvalue weighted by atomic mass is 32.1. The van der Waals surface area contributed by atoms with E-state index in [0.717, 1.165) is 0 Å². The number of hydrogen-bond donors (Lipinski definition) is 3. The molecule has 0 aliphatic carbocycles. The summed E-state index contributed by atoms with van der Waals surface area (Å²) in [5.74, 6) is 0.393. The maximum Gasteiger partial charge on any atom is 0.111 e. The Balaban J connectivity index is 3.62. The topological polar surface area (TPSA) is 49.7 Å². The number of aliphatic hydroxyl groups is 1. The molecular weight excluding hydrogens is 140 g/mol. The highest BCUT2D eigenvalue weighted by molar-refractivity contribution is 7.80. The van der Waals surface area contributed by atoms with Crippen LogP contribution in [0, 0.1) is 0 Å². The molecule has 0 amide bonds. The molecule has 0 saturated heterocycles. The van der Waals surface area contributed by atoms with Crippen molar-refractivity contribution in [3.8, 4) is 0 Å². The highest BCUT2D eigenvalue weighted by Gasteiger charge is 2.22. The van der Waals surface area contributed by atoms with E-state index in [4.69, 9.17) is 10.4 Å². The van der Waals surface area contributed by atoms with E-state index in [2.05, 4.69) is 17.5 Å². The zero-order valence-corrected chi connectivity index (χ0v) is 6.27. The van der Waals surface area contributed by atoms with Gasteiger partial charge in [0.15, 0.2) is 0 Å². The first kappa shape index (κ1) is 9.23. The minimum atomic E-state index is -0.697. The Morgan fingerprint density at radius 3 is 2.33 bits per heavy atom. The third kappa shape index (κ3) is 3.05. The van der Waals surface area contributed by atoms with Gasteiger partial charge in [-0.25, -0.2) is 4.89 Å². The molecule has 56 valence electrons. The van der Waals surface area contributed by atoms with Crippen molar-refractivity contribution in [2.24, 2.45) is 0 Å². The van der Waals surface area contributed by atoms with E-state index >= 15 is 0 Å². The lowest BCUT2D eigenvalue weighted by Gasteiger charge is -2.21. The van der Waals surface area contributed by atoms with E-state index in [1.54, 1.807) is 6.92 Å². The molecule has 0 aromatic carbocycles. The van der Waals surface area contributed by atoms with Gasteiger partial charge in [-0.05, 0) is 6.92 Å². The second-order valence-corrected chi connectivity index (χ2v) is 2.49. The van der Waals surface area contributed by atoms with Crippen LogP contribution in [0.4, 0.5) is 0 Å². The first-order chi connectivity index (χ1) is 4.18. The monoisotopic (exact) mass is 152 g/mol. The van der Waals surface area contributed by atoms with Crippen LogP contribution in [0.2, 0.25) is 0 Å². The zero-order valence-electron chi connectivity index (χ0n) is 5.37. The van der Waals surface area contributed by atoms with Crippen molar-refractivity contribution in [3.05, 3.63) is 0 Å². The summed E-state index contributed by atoms with van der Waals surface area (Å²) in [6.07, 6.45) is 0.396. The highest BCUT2D eigenvalue weighted by Crippen LogP contribution is 2.14. The first-order valence-electron chi connectivity index (χ1n) is 2.73. The maximum absolute atomic E-state index is 8.44. The van der Waals surface area contributed by atoms with Crippen LogP contribution in [0.5, 0.6) is 0 Å². The lowest BCUT2D eigenvalue weighted by atomic mass is 10.1. The van der Waals surface area contributed by atoms with E-state index in [1.165, 1.54) is 0 Å². The van der Waals surface area contributed by atoms with Crippen LogP contribution in [0.1, 0.15) is 13.3 Å². The van der Waals surface area contributed by atoms with Crippen LogP contribution in [0.3, 0.4) is 0 Å². The molecular formula is C5H12O3S. The van der Waals surface area contributed by atoms with E-state index in [9.17, 15) is 0 Å². The molecule has 1 atom stereocenters. The predicted octanol–water partition coefficient (Wildman–Crippen LogP) is 0.547. The van der Waals surface area contributed by atoms with E-state index < -0.39 is 5.60 Å². The van der Waals surface area contributed by atoms with Crippen molar-refractivity contribution >= 4 is 12.6 Å². The van der Waals surface area contributed by atoms with Crippen LogP contribution >= 0.6 is 12.6 Å². The van der Waals surface area contributed by atoms with Crippen molar-refractivity contribution in [3.63, 3.8) is 0 Å². The average Bonchev–Trinajstić information content (AvgIpc) is 1.89. The molecule has 0 aliphatic rings. The molecule has 0 saturated carbocycles. The normalized spacial score (nSPS) is 17.3. The second kappa shape index (κ2) is 4.11. The fourth-order valence-corrected chi connectivity index (χ4v) is 0.606. The molecule has 9 heavy (non-hydrogen) atoms. The molecule has 0 heterocycles. The molecule has 4 heteroatoms. The SMILES string of the molecule is CC(CS)(CCO)OO. The van der Waals surface area contributed by atoms with Crippen molar-refractivity contribution in [1.29, 1.82) is 0 Å². The van der Waals surface area contributed by atoms with E-state index in [0.29, 0.717) is 12.2 Å². The van der Waals surface area contributed by atoms with Crippen molar-refractivity contribution in [2.75, 3.05) is 12.4 Å². The molecule has 0 aromatic rings. The molecule has 1 unspecified atom stereocenters. The van der Waals surface area contributed by atoms with Gasteiger partial charge in [-0.2, -0.15) is 12.6 Å². The van der Waals surface area contributed by atoms with E-state index in [-0.39, 0.29) is 6.61 Å². The van der Waals surface area contributed by atoms with Crippen molar-refractivity contribution in [2.45, 2.75) is 18.9 Å². The van der Waals surface area contributed by atoms with Crippen LogP contribution < -0.4 is 0 Å². The quantitative estimate of drug-likeness (QED) is 0.313. The summed E-state index contributed by atoms with van der Waals surface area (Å²) in [6, 6.07) is 0. The number of thiol groups is 1. The van der Waals surface area contributed by atoms with Gasteiger partial charge >= 0.3 is 0 Å². The van der Waals surface area contributed by atoms with Crippen LogP contribution in [-0.4, -0.2) is 28.3 Å². The summed E-state index contributed by atoms with van der Waals surface area (Å²) in [7, 11) is 0. The fourth-order valence-electron chi connectivity index (χ4n) is 0.390. The molecule has 0 fully saturated rings. The van der Waals surface area contributed by atoms with Crippen molar-refractivity contribution in [1.82, 2.24) is 0 Å². The summed E-state index contributed by atoms with van der Waals surface area (Å²) in [5, 5.41) is 16.7. The molecule has 0 rings (SSSR count). The van der Waals surface area contributed by atoms with Gasteiger partial charge in [0, 0.05) is 18.8 Å². The lowest BCUT2D eigenvalue weighted by Crippen LogP contribution is -2.30. The molecule has 0 bridgehead atoms. The minimum absolute atomic E-state index is 0.00236. The number of hydrogen-bond acceptors (Lipinski definition) is 4. The van der Waals surface area contributed by atoms with Gasteiger partial charge < -0.3 is 5.11 Å². The van der Waals surface area contributed by atoms with Gasteiger partial charge in [0.1, 0.15) is 5.60 Å². The van der Waals surface area contributed by atoms with E-state index in [1.807, 2.05) is 0 Å². The van der Waals surface area contributed by atoms with Gasteiger partial charge in [0.2, 0.25) is 0 Å².